The van der Waals surface area contributed by atoms with E-state index < -0.39 is 0 Å². The molecule has 0 bridgehead atoms. The topological polar surface area (TPSA) is 69.9 Å². The minimum absolute atomic E-state index is 0.288. The predicted molar refractivity (Wildman–Crippen MR) is 140 cm³/mol. The normalized spacial score (nSPS) is 11.4. The van der Waals surface area contributed by atoms with Crippen molar-refractivity contribution in [2.45, 2.75) is 13.8 Å². The molecule has 4 aromatic rings. The van der Waals surface area contributed by atoms with E-state index in [1.54, 1.807) is 31.6 Å². The number of rotatable bonds is 8. The first kappa shape index (κ1) is 24.2. The van der Waals surface area contributed by atoms with Crippen LogP contribution >= 0.6 is 11.6 Å². The lowest BCUT2D eigenvalue weighted by Gasteiger charge is -2.12. The van der Waals surface area contributed by atoms with Crippen LogP contribution in [0.2, 0.25) is 5.02 Å². The van der Waals surface area contributed by atoms with E-state index in [0.29, 0.717) is 34.4 Å². The van der Waals surface area contributed by atoms with Crippen LogP contribution < -0.4 is 19.5 Å². The van der Waals surface area contributed by atoms with E-state index in [0.717, 1.165) is 33.4 Å². The highest BCUT2D eigenvalue weighted by molar-refractivity contribution is 6.32. The zero-order valence-electron chi connectivity index (χ0n) is 20.0. The van der Waals surface area contributed by atoms with Gasteiger partial charge in [-0.2, -0.15) is 0 Å². The van der Waals surface area contributed by atoms with Gasteiger partial charge in [0.15, 0.2) is 0 Å². The van der Waals surface area contributed by atoms with E-state index in [4.69, 9.17) is 30.2 Å². The molecule has 180 valence electrons. The molecule has 0 radical (unpaired) electrons. The Kier molecular flexibility index (Phi) is 7.32. The summed E-state index contributed by atoms with van der Waals surface area (Å²) in [6.45, 7) is 4.26. The van der Waals surface area contributed by atoms with Gasteiger partial charge in [0, 0.05) is 39.9 Å². The first-order valence-electron chi connectivity index (χ1n) is 11.1. The average Bonchev–Trinajstić information content (AvgIpc) is 3.26. The summed E-state index contributed by atoms with van der Waals surface area (Å²) in [7, 11) is 3.18. The molecule has 0 atom stereocenters. The molecule has 0 aliphatic heterocycles. The van der Waals surface area contributed by atoms with Crippen LogP contribution in [0.25, 0.3) is 27.7 Å². The Labute approximate surface area is 209 Å². The summed E-state index contributed by atoms with van der Waals surface area (Å²) in [5.41, 5.74) is 4.59. The molecule has 1 amide bonds. The van der Waals surface area contributed by atoms with E-state index in [2.05, 4.69) is 5.32 Å². The smallest absolute Gasteiger partial charge is 0.248 e. The van der Waals surface area contributed by atoms with E-state index in [1.165, 1.54) is 13.2 Å². The van der Waals surface area contributed by atoms with Gasteiger partial charge < -0.3 is 23.9 Å². The van der Waals surface area contributed by atoms with Gasteiger partial charge in [0.1, 0.15) is 22.8 Å². The SMILES string of the molecule is CCOc1cc2occ(-c3ccccc3OC)c2cc1/C(C)=C/C(=O)Nc1ccc(OC)c(Cl)c1. The quantitative estimate of drug-likeness (QED) is 0.264. The number of anilines is 1. The average molecular weight is 492 g/mol. The zero-order chi connectivity index (χ0) is 24.9. The second-order valence-electron chi connectivity index (χ2n) is 7.79. The number of furan rings is 1. The van der Waals surface area contributed by atoms with Crippen molar-refractivity contribution in [3.8, 4) is 28.4 Å². The van der Waals surface area contributed by atoms with Gasteiger partial charge in [-0.05, 0) is 49.8 Å². The molecule has 0 unspecified atom stereocenters. The number of allylic oxidation sites excluding steroid dienone is 1. The highest BCUT2D eigenvalue weighted by atomic mass is 35.5. The maximum atomic E-state index is 12.8. The van der Waals surface area contributed by atoms with Crippen molar-refractivity contribution in [1.82, 2.24) is 0 Å². The number of carbonyl (C=O) groups excluding carboxylic acids is 1. The minimum Gasteiger partial charge on any atom is -0.496 e. The fourth-order valence-electron chi connectivity index (χ4n) is 3.91. The van der Waals surface area contributed by atoms with Crippen LogP contribution in [0.3, 0.4) is 0 Å². The summed E-state index contributed by atoms with van der Waals surface area (Å²) in [4.78, 5) is 12.8. The summed E-state index contributed by atoms with van der Waals surface area (Å²) >= 11 is 6.18. The standard InChI is InChI=1S/C28H26ClNO5/c1-5-34-26-15-27-21(22(16-35-27)19-8-6-7-9-24(19)32-3)14-20(26)17(2)12-28(31)30-18-10-11-25(33-4)23(29)13-18/h6-16H,5H2,1-4H3,(H,30,31)/b17-12+. The Morgan fingerprint density at radius 3 is 2.49 bits per heavy atom. The molecule has 7 heteroatoms. The molecule has 1 aromatic heterocycles. The van der Waals surface area contributed by atoms with Crippen LogP contribution in [0.5, 0.6) is 17.2 Å². The number of nitrogens with one attached hydrogen (secondary N) is 1. The van der Waals surface area contributed by atoms with Crippen LogP contribution in [0.4, 0.5) is 5.69 Å². The number of halogens is 1. The number of ether oxygens (including phenoxy) is 3. The van der Waals surface area contributed by atoms with Gasteiger partial charge in [0.05, 0.1) is 32.1 Å². The molecule has 1 heterocycles. The Balaban J connectivity index is 1.72. The molecule has 35 heavy (non-hydrogen) atoms. The zero-order valence-corrected chi connectivity index (χ0v) is 20.7. The molecule has 1 N–H and O–H groups in total. The van der Waals surface area contributed by atoms with Gasteiger partial charge in [-0.15, -0.1) is 0 Å². The Morgan fingerprint density at radius 2 is 1.77 bits per heavy atom. The van der Waals surface area contributed by atoms with E-state index in [-0.39, 0.29) is 5.91 Å². The number of fused-ring (bicyclic) bond motifs is 1. The number of benzene rings is 3. The van der Waals surface area contributed by atoms with Crippen LogP contribution in [0, 0.1) is 0 Å². The summed E-state index contributed by atoms with van der Waals surface area (Å²) in [5.74, 6) is 1.63. The molecule has 4 rings (SSSR count). The molecule has 0 saturated heterocycles. The minimum atomic E-state index is -0.288. The highest BCUT2D eigenvalue weighted by Crippen LogP contribution is 2.40. The van der Waals surface area contributed by atoms with Crippen LogP contribution in [-0.4, -0.2) is 26.7 Å². The van der Waals surface area contributed by atoms with E-state index in [9.17, 15) is 4.79 Å². The monoisotopic (exact) mass is 491 g/mol. The largest absolute Gasteiger partial charge is 0.496 e. The number of amides is 1. The molecule has 0 saturated carbocycles. The fourth-order valence-corrected chi connectivity index (χ4v) is 4.17. The van der Waals surface area contributed by atoms with Crippen molar-refractivity contribution in [3.05, 3.63) is 77.5 Å². The Morgan fingerprint density at radius 1 is 1.00 bits per heavy atom. The number of hydrogen-bond donors (Lipinski definition) is 1. The van der Waals surface area contributed by atoms with Gasteiger partial charge in [-0.1, -0.05) is 29.8 Å². The van der Waals surface area contributed by atoms with Crippen LogP contribution in [0.1, 0.15) is 19.4 Å². The Bertz CT molecular complexity index is 1410. The van der Waals surface area contributed by atoms with Gasteiger partial charge in [0.25, 0.3) is 0 Å². The maximum Gasteiger partial charge on any atom is 0.248 e. The maximum absolute atomic E-state index is 12.8. The lowest BCUT2D eigenvalue weighted by atomic mass is 9.98. The molecular weight excluding hydrogens is 466 g/mol. The van der Waals surface area contributed by atoms with Crippen molar-refractivity contribution in [1.29, 1.82) is 0 Å². The first-order valence-corrected chi connectivity index (χ1v) is 11.5. The number of carbonyl (C=O) groups is 1. The lowest BCUT2D eigenvalue weighted by Crippen LogP contribution is -2.09. The first-order chi connectivity index (χ1) is 16.9. The molecule has 6 nitrogen and oxygen atoms in total. The van der Waals surface area contributed by atoms with Gasteiger partial charge in [-0.25, -0.2) is 0 Å². The summed E-state index contributed by atoms with van der Waals surface area (Å²) < 4.78 is 22.4. The van der Waals surface area contributed by atoms with Crippen molar-refractivity contribution < 1.29 is 23.4 Å². The second-order valence-corrected chi connectivity index (χ2v) is 8.20. The van der Waals surface area contributed by atoms with Crippen LogP contribution in [-0.2, 0) is 4.79 Å². The molecule has 0 aliphatic carbocycles. The third kappa shape index (κ3) is 5.12. The summed E-state index contributed by atoms with van der Waals surface area (Å²) in [5, 5.41) is 4.15. The highest BCUT2D eigenvalue weighted by Gasteiger charge is 2.17. The summed E-state index contributed by atoms with van der Waals surface area (Å²) in [6, 6.07) is 16.7. The van der Waals surface area contributed by atoms with Crippen molar-refractivity contribution in [3.63, 3.8) is 0 Å². The van der Waals surface area contributed by atoms with Crippen molar-refractivity contribution in [2.75, 3.05) is 26.1 Å². The van der Waals surface area contributed by atoms with Gasteiger partial charge in [0.2, 0.25) is 5.91 Å². The van der Waals surface area contributed by atoms with E-state index >= 15 is 0 Å². The molecule has 0 spiro atoms. The van der Waals surface area contributed by atoms with Crippen molar-refractivity contribution >= 4 is 39.7 Å². The Hall–Kier alpha value is -3.90. The molecule has 0 aliphatic rings. The third-order valence-electron chi connectivity index (χ3n) is 5.56. The van der Waals surface area contributed by atoms with Gasteiger partial charge in [-0.3, -0.25) is 4.79 Å². The third-order valence-corrected chi connectivity index (χ3v) is 5.86. The molecule has 0 fully saturated rings. The molecular formula is C28H26ClNO5. The number of para-hydroxylation sites is 1. The van der Waals surface area contributed by atoms with Gasteiger partial charge >= 0.3 is 0 Å². The molecule has 3 aromatic carbocycles. The lowest BCUT2D eigenvalue weighted by molar-refractivity contribution is -0.111. The fraction of sp³-hybridized carbons (Fsp3) is 0.179. The van der Waals surface area contributed by atoms with E-state index in [1.807, 2.05) is 50.2 Å². The number of hydrogen-bond acceptors (Lipinski definition) is 5. The van der Waals surface area contributed by atoms with Crippen molar-refractivity contribution in [2.24, 2.45) is 0 Å². The second kappa shape index (κ2) is 10.6. The number of methoxy groups -OCH3 is 2. The van der Waals surface area contributed by atoms with Crippen LogP contribution in [0.15, 0.2) is 71.4 Å². The summed E-state index contributed by atoms with van der Waals surface area (Å²) in [6.07, 6.45) is 3.24. The predicted octanol–water partition coefficient (Wildman–Crippen LogP) is 7.21.